The monoisotopic (exact) mass is 276 g/mol. The molecule has 1 aromatic rings. The largest absolute Gasteiger partial charge is 0.462 e. The van der Waals surface area contributed by atoms with Crippen molar-refractivity contribution in [3.8, 4) is 0 Å². The Balaban J connectivity index is 2.43. The van der Waals surface area contributed by atoms with Gasteiger partial charge in [0.05, 0.1) is 17.9 Å². The molecule has 0 saturated carbocycles. The van der Waals surface area contributed by atoms with E-state index in [0.29, 0.717) is 30.7 Å². The fourth-order valence-electron chi connectivity index (χ4n) is 2.57. The molecule has 1 aliphatic rings. The van der Waals surface area contributed by atoms with Gasteiger partial charge in [0.15, 0.2) is 0 Å². The summed E-state index contributed by atoms with van der Waals surface area (Å²) in [5.41, 5.74) is 2.71. The molecule has 5 nitrogen and oxygen atoms in total. The second-order valence-electron chi connectivity index (χ2n) is 5.15. The molecular formula is C15H20N2O3. The van der Waals surface area contributed by atoms with Crippen LogP contribution in [0.4, 0.5) is 0 Å². The minimum atomic E-state index is -0.350. The Morgan fingerprint density at radius 1 is 1.45 bits per heavy atom. The third-order valence-electron chi connectivity index (χ3n) is 3.35. The Morgan fingerprint density at radius 3 is 2.75 bits per heavy atom. The Labute approximate surface area is 118 Å². The number of Topliss-reactive ketones (excluding diaryl/α,β-unsaturated/α-hetero) is 1. The van der Waals surface area contributed by atoms with Gasteiger partial charge in [-0.25, -0.2) is 4.79 Å². The number of aromatic nitrogens is 1. The predicted molar refractivity (Wildman–Crippen MR) is 75.8 cm³/mol. The Bertz CT molecular complexity index is 582. The van der Waals surface area contributed by atoms with Crippen LogP contribution < -0.4 is 0 Å². The molecule has 0 N–H and O–H groups in total. The van der Waals surface area contributed by atoms with Gasteiger partial charge in [0.2, 0.25) is 5.78 Å². The van der Waals surface area contributed by atoms with Crippen molar-refractivity contribution in [2.45, 2.75) is 19.8 Å². The third-order valence-corrected chi connectivity index (χ3v) is 3.35. The first-order valence-corrected chi connectivity index (χ1v) is 6.72. The van der Waals surface area contributed by atoms with Gasteiger partial charge in [-0.3, -0.25) is 4.79 Å². The number of rotatable bonds is 3. The number of ether oxygens (including phenoxy) is 1. The summed E-state index contributed by atoms with van der Waals surface area (Å²) in [6, 6.07) is 0. The van der Waals surface area contributed by atoms with E-state index in [-0.39, 0.29) is 11.8 Å². The molecule has 0 bridgehead atoms. The molecule has 0 atom stereocenters. The first kappa shape index (κ1) is 14.4. The lowest BCUT2D eigenvalue weighted by atomic mass is 9.90. The lowest BCUT2D eigenvalue weighted by molar-refractivity contribution is 0.0525. The molecule has 1 aromatic heterocycles. The van der Waals surface area contributed by atoms with Crippen LogP contribution in [0.3, 0.4) is 0 Å². The Morgan fingerprint density at radius 2 is 2.15 bits per heavy atom. The van der Waals surface area contributed by atoms with E-state index in [1.807, 2.05) is 25.2 Å². The van der Waals surface area contributed by atoms with Crippen LogP contribution in [-0.2, 0) is 18.2 Å². The van der Waals surface area contributed by atoms with Crippen molar-refractivity contribution in [2.24, 2.45) is 7.05 Å². The molecule has 0 aliphatic heterocycles. The summed E-state index contributed by atoms with van der Waals surface area (Å²) in [6.45, 7) is 2.11. The second kappa shape index (κ2) is 5.53. The highest BCUT2D eigenvalue weighted by Gasteiger charge is 2.30. The number of carbonyl (C=O) groups excluding carboxylic acids is 2. The highest BCUT2D eigenvalue weighted by Crippen LogP contribution is 2.29. The number of ketones is 1. The topological polar surface area (TPSA) is 51.5 Å². The summed E-state index contributed by atoms with van der Waals surface area (Å²) in [7, 11) is 5.58. The van der Waals surface area contributed by atoms with E-state index >= 15 is 0 Å². The molecule has 1 heterocycles. The van der Waals surface area contributed by atoms with Gasteiger partial charge in [0.25, 0.3) is 0 Å². The van der Waals surface area contributed by atoms with E-state index in [9.17, 15) is 9.59 Å². The summed E-state index contributed by atoms with van der Waals surface area (Å²) in [5, 5.41) is 0. The lowest BCUT2D eigenvalue weighted by Crippen LogP contribution is -2.20. The smallest absolute Gasteiger partial charge is 0.339 e. The predicted octanol–water partition coefficient (Wildman–Crippen LogP) is 1.78. The average molecular weight is 276 g/mol. The minimum Gasteiger partial charge on any atom is -0.462 e. The number of nitrogens with zero attached hydrogens (tertiary/aromatic N) is 2. The van der Waals surface area contributed by atoms with Crippen LogP contribution in [0.5, 0.6) is 0 Å². The highest BCUT2D eigenvalue weighted by molar-refractivity contribution is 6.11. The zero-order chi connectivity index (χ0) is 14.9. The van der Waals surface area contributed by atoms with Gasteiger partial charge >= 0.3 is 5.97 Å². The summed E-state index contributed by atoms with van der Waals surface area (Å²) in [5.74, 6) is -0.352. The van der Waals surface area contributed by atoms with E-state index in [1.54, 1.807) is 24.7 Å². The van der Waals surface area contributed by atoms with Crippen LogP contribution in [0.25, 0.3) is 0 Å². The highest BCUT2D eigenvalue weighted by atomic mass is 16.5. The van der Waals surface area contributed by atoms with Crippen molar-refractivity contribution in [3.63, 3.8) is 0 Å². The molecule has 0 unspecified atom stereocenters. The van der Waals surface area contributed by atoms with E-state index in [2.05, 4.69) is 0 Å². The number of hydrogen-bond acceptors (Lipinski definition) is 4. The molecule has 0 fully saturated rings. The SMILES string of the molecule is CCOC(=O)c1cn(C)c2c1CC/C(=C\N(C)C)C2=O. The first-order chi connectivity index (χ1) is 9.45. The molecular weight excluding hydrogens is 256 g/mol. The fourth-order valence-corrected chi connectivity index (χ4v) is 2.57. The second-order valence-corrected chi connectivity index (χ2v) is 5.15. The quantitative estimate of drug-likeness (QED) is 0.624. The molecule has 0 amide bonds. The van der Waals surface area contributed by atoms with E-state index in [0.717, 1.165) is 11.1 Å². The van der Waals surface area contributed by atoms with Gasteiger partial charge in [0, 0.05) is 39.1 Å². The van der Waals surface area contributed by atoms with Crippen LogP contribution in [0.1, 0.15) is 39.8 Å². The molecule has 108 valence electrons. The van der Waals surface area contributed by atoms with Crippen molar-refractivity contribution in [2.75, 3.05) is 20.7 Å². The fraction of sp³-hybridized carbons (Fsp3) is 0.467. The van der Waals surface area contributed by atoms with Crippen LogP contribution in [0, 0.1) is 0 Å². The van der Waals surface area contributed by atoms with Crippen molar-refractivity contribution < 1.29 is 14.3 Å². The molecule has 2 rings (SSSR count). The molecule has 0 saturated heterocycles. The zero-order valence-corrected chi connectivity index (χ0v) is 12.4. The minimum absolute atomic E-state index is 0.00185. The zero-order valence-electron chi connectivity index (χ0n) is 12.4. The standard InChI is InChI=1S/C15H20N2O3/c1-5-20-15(19)12-9-17(4)13-11(12)7-6-10(14(13)18)8-16(2)3/h8-9H,5-7H2,1-4H3/b10-8+. The van der Waals surface area contributed by atoms with Crippen LogP contribution in [0.2, 0.25) is 0 Å². The maximum atomic E-state index is 12.5. The summed E-state index contributed by atoms with van der Waals surface area (Å²) in [4.78, 5) is 26.3. The number of hydrogen-bond donors (Lipinski definition) is 0. The summed E-state index contributed by atoms with van der Waals surface area (Å²) in [6.07, 6.45) is 4.89. The Kier molecular flexibility index (Phi) is 3.97. The van der Waals surface area contributed by atoms with Gasteiger partial charge in [0.1, 0.15) is 0 Å². The van der Waals surface area contributed by atoms with Crippen LogP contribution >= 0.6 is 0 Å². The van der Waals surface area contributed by atoms with Gasteiger partial charge in [-0.15, -0.1) is 0 Å². The Hall–Kier alpha value is -2.04. The van der Waals surface area contributed by atoms with Gasteiger partial charge < -0.3 is 14.2 Å². The van der Waals surface area contributed by atoms with Gasteiger partial charge in [-0.05, 0) is 25.3 Å². The number of fused-ring (bicyclic) bond motifs is 1. The van der Waals surface area contributed by atoms with E-state index < -0.39 is 0 Å². The van der Waals surface area contributed by atoms with Crippen molar-refractivity contribution in [3.05, 3.63) is 34.8 Å². The first-order valence-electron chi connectivity index (χ1n) is 6.72. The van der Waals surface area contributed by atoms with Crippen molar-refractivity contribution in [1.29, 1.82) is 0 Å². The summed E-state index contributed by atoms with van der Waals surface area (Å²) < 4.78 is 6.78. The molecule has 0 radical (unpaired) electrons. The maximum Gasteiger partial charge on any atom is 0.339 e. The molecule has 0 aromatic carbocycles. The maximum absolute atomic E-state index is 12.5. The number of aryl methyl sites for hydroxylation is 1. The number of carbonyl (C=O) groups is 2. The van der Waals surface area contributed by atoms with Crippen molar-refractivity contribution >= 4 is 11.8 Å². The average Bonchev–Trinajstić information content (AvgIpc) is 2.71. The molecule has 20 heavy (non-hydrogen) atoms. The van der Waals surface area contributed by atoms with Gasteiger partial charge in [-0.1, -0.05) is 0 Å². The van der Waals surface area contributed by atoms with E-state index in [1.165, 1.54) is 0 Å². The van der Waals surface area contributed by atoms with Crippen LogP contribution in [0.15, 0.2) is 18.0 Å². The molecule has 0 spiro atoms. The number of allylic oxidation sites excluding steroid dienone is 1. The molecule has 1 aliphatic carbocycles. The van der Waals surface area contributed by atoms with Gasteiger partial charge in [-0.2, -0.15) is 0 Å². The van der Waals surface area contributed by atoms with E-state index in [4.69, 9.17) is 4.74 Å². The third kappa shape index (κ3) is 2.48. The number of esters is 1. The van der Waals surface area contributed by atoms with Crippen LogP contribution in [-0.4, -0.2) is 41.9 Å². The lowest BCUT2D eigenvalue weighted by Gasteiger charge is -2.18. The molecule has 5 heteroatoms. The van der Waals surface area contributed by atoms with Crippen molar-refractivity contribution in [1.82, 2.24) is 9.47 Å². The normalized spacial score (nSPS) is 16.2. The summed E-state index contributed by atoms with van der Waals surface area (Å²) >= 11 is 0.